The Labute approximate surface area is 141 Å². The van der Waals surface area contributed by atoms with Crippen LogP contribution in [0.3, 0.4) is 0 Å². The van der Waals surface area contributed by atoms with Crippen LogP contribution < -0.4 is 0 Å². The molecule has 1 nitrogen and oxygen atoms in total. The van der Waals surface area contributed by atoms with Gasteiger partial charge in [-0.2, -0.15) is 0 Å². The van der Waals surface area contributed by atoms with Gasteiger partial charge in [0, 0.05) is 26.3 Å². The van der Waals surface area contributed by atoms with E-state index in [4.69, 9.17) is 0 Å². The summed E-state index contributed by atoms with van der Waals surface area (Å²) in [7, 11) is 0. The topological polar surface area (TPSA) is 12.9 Å². The third kappa shape index (κ3) is 2.54. The Bertz CT molecular complexity index is 965. The first-order chi connectivity index (χ1) is 10.3. The van der Waals surface area contributed by atoms with E-state index in [9.17, 15) is 4.39 Å². The Balaban J connectivity index is 0.00000144. The van der Waals surface area contributed by atoms with E-state index in [0.29, 0.717) is 5.69 Å². The Hall–Kier alpha value is -2.09. The largest absolute Gasteiger partial charge is 0.305 e. The van der Waals surface area contributed by atoms with E-state index in [1.165, 1.54) is 29.1 Å². The van der Waals surface area contributed by atoms with E-state index < -0.39 is 0 Å². The van der Waals surface area contributed by atoms with Crippen molar-refractivity contribution in [3.63, 3.8) is 0 Å². The molecule has 0 fully saturated rings. The quantitative estimate of drug-likeness (QED) is 0.286. The molecule has 1 radical (unpaired) electrons. The number of fused-ring (bicyclic) bond motifs is 3. The number of hydrogen-bond acceptors (Lipinski definition) is 1. The minimum Gasteiger partial charge on any atom is -0.305 e. The Kier molecular flexibility index (Phi) is 4.02. The zero-order valence-electron chi connectivity index (χ0n) is 11.5. The Morgan fingerprint density at radius 1 is 0.864 bits per heavy atom. The molecule has 0 spiro atoms. The number of pyridine rings is 1. The van der Waals surface area contributed by atoms with Crippen LogP contribution in [0.15, 0.2) is 66.9 Å². The van der Waals surface area contributed by atoms with Gasteiger partial charge in [-0.15, -0.1) is 29.1 Å². The molecule has 4 rings (SSSR count). The van der Waals surface area contributed by atoms with Crippen LogP contribution in [0.4, 0.5) is 4.39 Å². The van der Waals surface area contributed by atoms with Crippen molar-refractivity contribution >= 4 is 21.5 Å². The molecular weight excluding hydrogens is 453 g/mol. The van der Waals surface area contributed by atoms with Gasteiger partial charge >= 0.3 is 0 Å². The Morgan fingerprint density at radius 3 is 2.55 bits per heavy atom. The molecule has 3 aromatic carbocycles. The van der Waals surface area contributed by atoms with Crippen LogP contribution in [-0.2, 0) is 20.1 Å². The van der Waals surface area contributed by atoms with Crippen molar-refractivity contribution in [3.8, 4) is 11.3 Å². The zero-order chi connectivity index (χ0) is 14.2. The fourth-order valence-corrected chi connectivity index (χ4v) is 2.65. The second-order valence-corrected chi connectivity index (χ2v) is 5.00. The summed E-state index contributed by atoms with van der Waals surface area (Å²) in [5.74, 6) is -0.285. The SMILES string of the molecule is Fc1ccnc(-c2[c-]cc3c(ccc4ccccc43)c2)c1.[Ir]. The summed E-state index contributed by atoms with van der Waals surface area (Å²) in [5, 5.41) is 4.65. The molecule has 22 heavy (non-hydrogen) atoms. The summed E-state index contributed by atoms with van der Waals surface area (Å²) in [6.45, 7) is 0. The number of aromatic nitrogens is 1. The van der Waals surface area contributed by atoms with Gasteiger partial charge in [0.1, 0.15) is 5.82 Å². The van der Waals surface area contributed by atoms with Crippen LogP contribution in [0.5, 0.6) is 0 Å². The van der Waals surface area contributed by atoms with E-state index in [2.05, 4.69) is 35.3 Å². The number of benzene rings is 3. The molecule has 0 N–H and O–H groups in total. The van der Waals surface area contributed by atoms with Crippen LogP contribution in [0.2, 0.25) is 0 Å². The summed E-state index contributed by atoms with van der Waals surface area (Å²) in [5.41, 5.74) is 1.40. The predicted molar refractivity (Wildman–Crippen MR) is 83.5 cm³/mol. The van der Waals surface area contributed by atoms with Crippen LogP contribution in [0, 0.1) is 11.9 Å². The van der Waals surface area contributed by atoms with E-state index in [1.54, 1.807) is 0 Å². The van der Waals surface area contributed by atoms with Crippen molar-refractivity contribution < 1.29 is 24.5 Å². The van der Waals surface area contributed by atoms with Crippen molar-refractivity contribution in [1.29, 1.82) is 0 Å². The molecule has 1 aromatic heterocycles. The molecule has 109 valence electrons. The minimum absolute atomic E-state index is 0. The third-order valence-electron chi connectivity index (χ3n) is 3.67. The molecule has 0 saturated carbocycles. The summed E-state index contributed by atoms with van der Waals surface area (Å²) in [6, 6.07) is 22.4. The standard InChI is InChI=1S/C19H11FN.Ir/c20-16-9-10-21-19(12-16)15-7-8-18-14(11-15)6-5-13-3-1-2-4-17(13)18;/h1-6,8-12H;/q-1;. The van der Waals surface area contributed by atoms with Gasteiger partial charge in [0.15, 0.2) is 0 Å². The monoisotopic (exact) mass is 465 g/mol. The molecule has 0 unspecified atom stereocenters. The van der Waals surface area contributed by atoms with Gasteiger partial charge in [-0.25, -0.2) is 4.39 Å². The van der Waals surface area contributed by atoms with E-state index in [0.717, 1.165) is 16.3 Å². The summed E-state index contributed by atoms with van der Waals surface area (Å²) in [6.07, 6.45) is 1.48. The van der Waals surface area contributed by atoms with Gasteiger partial charge in [0.25, 0.3) is 0 Å². The van der Waals surface area contributed by atoms with Crippen molar-refractivity contribution in [1.82, 2.24) is 4.98 Å². The Morgan fingerprint density at radius 2 is 1.68 bits per heavy atom. The van der Waals surface area contributed by atoms with E-state index in [-0.39, 0.29) is 25.9 Å². The normalized spacial score (nSPS) is 10.6. The molecule has 0 saturated heterocycles. The fraction of sp³-hybridized carbons (Fsp3) is 0. The maximum Gasteiger partial charge on any atom is 0.117 e. The first kappa shape index (κ1) is 14.8. The van der Waals surface area contributed by atoms with Gasteiger partial charge in [0.2, 0.25) is 0 Å². The number of hydrogen-bond donors (Lipinski definition) is 0. The predicted octanol–water partition coefficient (Wildman–Crippen LogP) is 4.99. The zero-order valence-corrected chi connectivity index (χ0v) is 13.9. The van der Waals surface area contributed by atoms with Gasteiger partial charge in [-0.05, 0) is 23.2 Å². The van der Waals surface area contributed by atoms with E-state index in [1.807, 2.05) is 24.3 Å². The van der Waals surface area contributed by atoms with Crippen LogP contribution >= 0.6 is 0 Å². The summed E-state index contributed by atoms with van der Waals surface area (Å²) < 4.78 is 13.3. The van der Waals surface area contributed by atoms with Crippen molar-refractivity contribution in [3.05, 3.63) is 78.7 Å². The molecule has 0 aliphatic carbocycles. The average molecular weight is 465 g/mol. The second kappa shape index (κ2) is 5.96. The summed E-state index contributed by atoms with van der Waals surface area (Å²) in [4.78, 5) is 4.21. The maximum absolute atomic E-state index is 13.3. The smallest absolute Gasteiger partial charge is 0.117 e. The molecule has 0 aliphatic heterocycles. The summed E-state index contributed by atoms with van der Waals surface area (Å²) >= 11 is 0. The fourth-order valence-electron chi connectivity index (χ4n) is 2.65. The van der Waals surface area contributed by atoms with Gasteiger partial charge in [-0.3, -0.25) is 0 Å². The molecule has 0 aliphatic rings. The molecule has 0 amide bonds. The minimum atomic E-state index is -0.285. The number of rotatable bonds is 1. The van der Waals surface area contributed by atoms with Gasteiger partial charge in [0.05, 0.1) is 0 Å². The van der Waals surface area contributed by atoms with Crippen LogP contribution in [0.25, 0.3) is 32.8 Å². The molecule has 4 aromatic rings. The number of halogens is 1. The van der Waals surface area contributed by atoms with Crippen molar-refractivity contribution in [2.45, 2.75) is 0 Å². The molecule has 1 heterocycles. The number of nitrogens with zero attached hydrogens (tertiary/aromatic N) is 1. The first-order valence-electron chi connectivity index (χ1n) is 6.76. The van der Waals surface area contributed by atoms with Crippen LogP contribution in [-0.4, -0.2) is 4.98 Å². The molecule has 0 atom stereocenters. The van der Waals surface area contributed by atoms with Gasteiger partial charge in [-0.1, -0.05) is 47.2 Å². The molecule has 3 heteroatoms. The van der Waals surface area contributed by atoms with E-state index >= 15 is 0 Å². The van der Waals surface area contributed by atoms with Gasteiger partial charge < -0.3 is 4.98 Å². The third-order valence-corrected chi connectivity index (χ3v) is 3.67. The molecule has 0 bridgehead atoms. The average Bonchev–Trinajstić information content (AvgIpc) is 2.54. The first-order valence-corrected chi connectivity index (χ1v) is 6.76. The molecular formula is C19H11FIrN-. The van der Waals surface area contributed by atoms with Crippen molar-refractivity contribution in [2.75, 3.05) is 0 Å². The second-order valence-electron chi connectivity index (χ2n) is 5.00. The van der Waals surface area contributed by atoms with Crippen LogP contribution in [0.1, 0.15) is 0 Å². The van der Waals surface area contributed by atoms with Crippen molar-refractivity contribution in [2.24, 2.45) is 0 Å². The maximum atomic E-state index is 13.3.